The standard InChI is InChI=1S/C15H22F3N3O/c1-19-10-14(22)21(9-8-20(2)3)11-12-4-6-13(7-5-12)15(16,17)18/h4-7,19H,8-11H2,1-3H3. The summed E-state index contributed by atoms with van der Waals surface area (Å²) in [5.74, 6) is -0.0794. The Morgan fingerprint density at radius 2 is 1.73 bits per heavy atom. The number of rotatable bonds is 7. The smallest absolute Gasteiger partial charge is 0.336 e. The van der Waals surface area contributed by atoms with Gasteiger partial charge in [0.2, 0.25) is 5.91 Å². The quantitative estimate of drug-likeness (QED) is 0.833. The third-order valence-corrected chi connectivity index (χ3v) is 3.15. The molecular weight excluding hydrogens is 295 g/mol. The first-order valence-electron chi connectivity index (χ1n) is 6.97. The molecule has 1 N–H and O–H groups in total. The number of carbonyl (C=O) groups is 1. The van der Waals surface area contributed by atoms with E-state index >= 15 is 0 Å². The Kier molecular flexibility index (Phi) is 6.83. The van der Waals surface area contributed by atoms with Gasteiger partial charge in [-0.1, -0.05) is 12.1 Å². The van der Waals surface area contributed by atoms with Crippen LogP contribution in [0.5, 0.6) is 0 Å². The Balaban J connectivity index is 2.77. The highest BCUT2D eigenvalue weighted by Gasteiger charge is 2.30. The van der Waals surface area contributed by atoms with Crippen LogP contribution < -0.4 is 5.32 Å². The highest BCUT2D eigenvalue weighted by atomic mass is 19.4. The fourth-order valence-corrected chi connectivity index (χ4v) is 1.90. The van der Waals surface area contributed by atoms with E-state index in [9.17, 15) is 18.0 Å². The van der Waals surface area contributed by atoms with Gasteiger partial charge in [-0.25, -0.2) is 0 Å². The summed E-state index contributed by atoms with van der Waals surface area (Å²) in [5.41, 5.74) is -0.00569. The molecule has 0 aliphatic rings. The summed E-state index contributed by atoms with van der Waals surface area (Å²) >= 11 is 0. The van der Waals surface area contributed by atoms with Gasteiger partial charge in [0, 0.05) is 19.6 Å². The number of carbonyl (C=O) groups excluding carboxylic acids is 1. The molecule has 0 unspecified atom stereocenters. The fraction of sp³-hybridized carbons (Fsp3) is 0.533. The zero-order chi connectivity index (χ0) is 16.8. The Bertz CT molecular complexity index is 472. The van der Waals surface area contributed by atoms with E-state index in [1.54, 1.807) is 11.9 Å². The van der Waals surface area contributed by atoms with Crippen LogP contribution in [0.4, 0.5) is 13.2 Å². The van der Waals surface area contributed by atoms with Gasteiger partial charge in [-0.15, -0.1) is 0 Å². The van der Waals surface area contributed by atoms with Crippen molar-refractivity contribution in [2.75, 3.05) is 40.8 Å². The van der Waals surface area contributed by atoms with Crippen LogP contribution in [0.1, 0.15) is 11.1 Å². The molecule has 0 aliphatic heterocycles. The Morgan fingerprint density at radius 3 is 2.18 bits per heavy atom. The normalized spacial score (nSPS) is 11.8. The van der Waals surface area contributed by atoms with Gasteiger partial charge >= 0.3 is 6.18 Å². The summed E-state index contributed by atoms with van der Waals surface area (Å²) in [6, 6.07) is 4.92. The molecule has 124 valence electrons. The van der Waals surface area contributed by atoms with Crippen molar-refractivity contribution in [1.82, 2.24) is 15.1 Å². The van der Waals surface area contributed by atoms with Gasteiger partial charge in [-0.05, 0) is 38.8 Å². The second kappa shape index (κ2) is 8.14. The van der Waals surface area contributed by atoms with E-state index in [-0.39, 0.29) is 12.5 Å². The first-order chi connectivity index (χ1) is 10.2. The van der Waals surface area contributed by atoms with Gasteiger partial charge < -0.3 is 15.1 Å². The molecule has 0 aliphatic carbocycles. The molecule has 1 aromatic carbocycles. The molecule has 0 spiro atoms. The number of nitrogens with one attached hydrogen (secondary N) is 1. The third kappa shape index (κ3) is 6.03. The van der Waals surface area contributed by atoms with Crippen LogP contribution in [0.15, 0.2) is 24.3 Å². The first kappa shape index (κ1) is 18.4. The van der Waals surface area contributed by atoms with E-state index in [0.717, 1.165) is 12.1 Å². The van der Waals surface area contributed by atoms with Crippen molar-refractivity contribution in [3.63, 3.8) is 0 Å². The van der Waals surface area contributed by atoms with Gasteiger partial charge in [0.15, 0.2) is 0 Å². The Hall–Kier alpha value is -1.60. The van der Waals surface area contributed by atoms with Gasteiger partial charge in [0.25, 0.3) is 0 Å². The number of alkyl halides is 3. The van der Waals surface area contributed by atoms with Crippen LogP contribution in [0, 0.1) is 0 Å². The van der Waals surface area contributed by atoms with Crippen molar-refractivity contribution in [2.24, 2.45) is 0 Å². The molecule has 0 fully saturated rings. The molecule has 1 amide bonds. The predicted molar refractivity (Wildman–Crippen MR) is 79.3 cm³/mol. The highest BCUT2D eigenvalue weighted by Crippen LogP contribution is 2.29. The summed E-state index contributed by atoms with van der Waals surface area (Å²) < 4.78 is 37.6. The van der Waals surface area contributed by atoms with E-state index in [2.05, 4.69) is 5.32 Å². The lowest BCUT2D eigenvalue weighted by Crippen LogP contribution is -2.40. The largest absolute Gasteiger partial charge is 0.416 e. The summed E-state index contributed by atoms with van der Waals surface area (Å²) in [6.07, 6.45) is -4.34. The van der Waals surface area contributed by atoms with E-state index in [1.165, 1.54) is 12.1 Å². The predicted octanol–water partition coefficient (Wildman–Crippen LogP) is 1.82. The highest BCUT2D eigenvalue weighted by molar-refractivity contribution is 5.78. The monoisotopic (exact) mass is 317 g/mol. The van der Waals surface area contributed by atoms with Crippen molar-refractivity contribution in [2.45, 2.75) is 12.7 Å². The van der Waals surface area contributed by atoms with Crippen LogP contribution in [0.3, 0.4) is 0 Å². The number of benzene rings is 1. The number of nitrogens with zero attached hydrogens (tertiary/aromatic N) is 2. The summed E-state index contributed by atoms with van der Waals surface area (Å²) in [6.45, 7) is 1.71. The van der Waals surface area contributed by atoms with Gasteiger partial charge in [0.1, 0.15) is 0 Å². The van der Waals surface area contributed by atoms with Crippen molar-refractivity contribution in [3.8, 4) is 0 Å². The molecule has 0 radical (unpaired) electrons. The van der Waals surface area contributed by atoms with Crippen LogP contribution in [-0.2, 0) is 17.5 Å². The maximum Gasteiger partial charge on any atom is 0.416 e. The zero-order valence-corrected chi connectivity index (χ0v) is 13.1. The molecule has 4 nitrogen and oxygen atoms in total. The van der Waals surface area contributed by atoms with Crippen LogP contribution in [0.2, 0.25) is 0 Å². The molecule has 0 saturated carbocycles. The lowest BCUT2D eigenvalue weighted by Gasteiger charge is -2.24. The molecule has 7 heteroatoms. The Morgan fingerprint density at radius 1 is 1.14 bits per heavy atom. The minimum absolute atomic E-state index is 0.0794. The average molecular weight is 317 g/mol. The molecule has 1 aromatic rings. The molecule has 22 heavy (non-hydrogen) atoms. The van der Waals surface area contributed by atoms with Crippen molar-refractivity contribution < 1.29 is 18.0 Å². The van der Waals surface area contributed by atoms with Crippen LogP contribution in [0.25, 0.3) is 0 Å². The summed E-state index contributed by atoms with van der Waals surface area (Å²) in [4.78, 5) is 15.6. The molecule has 0 saturated heterocycles. The molecule has 0 bridgehead atoms. The lowest BCUT2D eigenvalue weighted by atomic mass is 10.1. The molecule has 1 rings (SSSR count). The summed E-state index contributed by atoms with van der Waals surface area (Å²) in [7, 11) is 5.48. The van der Waals surface area contributed by atoms with Crippen LogP contribution in [-0.4, -0.2) is 56.5 Å². The average Bonchev–Trinajstić information content (AvgIpc) is 2.43. The lowest BCUT2D eigenvalue weighted by molar-refractivity contribution is -0.137. The van der Waals surface area contributed by atoms with Gasteiger partial charge in [0.05, 0.1) is 12.1 Å². The number of amides is 1. The van der Waals surface area contributed by atoms with Crippen molar-refractivity contribution >= 4 is 5.91 Å². The van der Waals surface area contributed by atoms with Crippen LogP contribution >= 0.6 is 0 Å². The van der Waals surface area contributed by atoms with Gasteiger partial charge in [-0.2, -0.15) is 13.2 Å². The van der Waals surface area contributed by atoms with E-state index in [0.29, 0.717) is 25.2 Å². The Labute approximate surface area is 128 Å². The summed E-state index contributed by atoms with van der Waals surface area (Å²) in [5, 5.41) is 2.80. The maximum absolute atomic E-state index is 12.5. The van der Waals surface area contributed by atoms with E-state index < -0.39 is 11.7 Å². The topological polar surface area (TPSA) is 35.6 Å². The molecule has 0 atom stereocenters. The van der Waals surface area contributed by atoms with Crippen molar-refractivity contribution in [3.05, 3.63) is 35.4 Å². The second-order valence-electron chi connectivity index (χ2n) is 5.34. The second-order valence-corrected chi connectivity index (χ2v) is 5.34. The number of hydrogen-bond donors (Lipinski definition) is 1. The maximum atomic E-state index is 12.5. The van der Waals surface area contributed by atoms with E-state index in [4.69, 9.17) is 0 Å². The molecular formula is C15H22F3N3O. The fourth-order valence-electron chi connectivity index (χ4n) is 1.90. The van der Waals surface area contributed by atoms with Crippen molar-refractivity contribution in [1.29, 1.82) is 0 Å². The zero-order valence-electron chi connectivity index (χ0n) is 13.1. The minimum atomic E-state index is -4.34. The minimum Gasteiger partial charge on any atom is -0.336 e. The third-order valence-electron chi connectivity index (χ3n) is 3.15. The van der Waals surface area contributed by atoms with E-state index in [1.807, 2.05) is 19.0 Å². The van der Waals surface area contributed by atoms with Gasteiger partial charge in [-0.3, -0.25) is 4.79 Å². The molecule has 0 aromatic heterocycles. The SMILES string of the molecule is CNCC(=O)N(CCN(C)C)Cc1ccc(C(F)(F)F)cc1. The molecule has 0 heterocycles. The number of likely N-dealkylation sites (N-methyl/N-ethyl adjacent to an activating group) is 2. The first-order valence-corrected chi connectivity index (χ1v) is 6.97. The number of hydrogen-bond acceptors (Lipinski definition) is 3. The number of halogens is 3.